The van der Waals surface area contributed by atoms with Crippen LogP contribution in [0.2, 0.25) is 0 Å². The first-order chi connectivity index (χ1) is 19.2. The standard InChI is InChI=1S/C26H28N4O9S2/c1-14-4-6-17(7-5-14)39-25-11-19(41(35,36)37)9-16-8-18(40(32,33)34)10-23(26(16)25)30-29-22-13-24(38-3)20(27)12-21(22)28-15(2)31/h4-13,32-37H,27H2,1-3H3,(H,28,31). The molecule has 0 fully saturated rings. The summed E-state index contributed by atoms with van der Waals surface area (Å²) in [5, 5.41) is 11.4. The molecule has 4 rings (SSSR count). The Hall–Kier alpha value is -3.93. The number of ether oxygens (including phenoxy) is 2. The zero-order valence-electron chi connectivity index (χ0n) is 22.0. The molecule has 0 unspecified atom stereocenters. The van der Waals surface area contributed by atoms with Crippen molar-refractivity contribution in [1.29, 1.82) is 0 Å². The number of nitrogens with two attached hydrogens (primary N) is 1. The molecule has 0 radical (unpaired) electrons. The van der Waals surface area contributed by atoms with E-state index in [1.54, 1.807) is 24.3 Å². The van der Waals surface area contributed by atoms with E-state index in [0.29, 0.717) is 5.75 Å². The van der Waals surface area contributed by atoms with Gasteiger partial charge in [-0.05, 0) is 48.7 Å². The lowest BCUT2D eigenvalue weighted by Gasteiger charge is -2.23. The Kier molecular flexibility index (Phi) is 8.44. The van der Waals surface area contributed by atoms with Crippen LogP contribution in [0.1, 0.15) is 12.5 Å². The number of nitrogens with zero attached hydrogens (tertiary/aromatic N) is 2. The minimum Gasteiger partial charge on any atom is -0.495 e. The van der Waals surface area contributed by atoms with Gasteiger partial charge in [-0.3, -0.25) is 4.79 Å². The van der Waals surface area contributed by atoms with Crippen LogP contribution in [0.5, 0.6) is 17.2 Å². The summed E-state index contributed by atoms with van der Waals surface area (Å²) < 4.78 is 71.4. The van der Waals surface area contributed by atoms with Crippen LogP contribution in [0.15, 0.2) is 80.7 Å². The average Bonchev–Trinajstić information content (AvgIpc) is 2.87. The van der Waals surface area contributed by atoms with Crippen LogP contribution >= 0.6 is 21.7 Å². The zero-order valence-corrected chi connectivity index (χ0v) is 23.6. The molecule has 1 amide bonds. The van der Waals surface area contributed by atoms with Gasteiger partial charge in [-0.1, -0.05) is 17.7 Å². The third-order valence-corrected chi connectivity index (χ3v) is 7.48. The summed E-state index contributed by atoms with van der Waals surface area (Å²) >= 11 is 0. The highest BCUT2D eigenvalue weighted by Gasteiger charge is 2.24. The molecule has 4 aromatic rings. The summed E-state index contributed by atoms with van der Waals surface area (Å²) in [6.07, 6.45) is 0. The molecule has 0 atom stereocenters. The molecule has 0 spiro atoms. The van der Waals surface area contributed by atoms with Gasteiger partial charge in [0.1, 0.15) is 44.7 Å². The predicted molar refractivity (Wildman–Crippen MR) is 159 cm³/mol. The van der Waals surface area contributed by atoms with Gasteiger partial charge in [0.05, 0.1) is 39.3 Å². The maximum atomic E-state index is 11.8. The number of aryl methyl sites for hydroxylation is 1. The highest BCUT2D eigenvalue weighted by molar-refractivity contribution is 8.19. The lowest BCUT2D eigenvalue weighted by atomic mass is 10.1. The molecule has 0 aromatic heterocycles. The molecular weight excluding hydrogens is 576 g/mol. The number of anilines is 2. The maximum absolute atomic E-state index is 11.8. The molecule has 15 heteroatoms. The van der Waals surface area contributed by atoms with Crippen LogP contribution in [0, 0.1) is 6.92 Å². The van der Waals surface area contributed by atoms with Crippen molar-refractivity contribution in [1.82, 2.24) is 0 Å². The summed E-state index contributed by atoms with van der Waals surface area (Å²) in [7, 11) is -7.13. The second-order valence-electron chi connectivity index (χ2n) is 8.91. The van der Waals surface area contributed by atoms with E-state index in [1.807, 2.05) is 6.92 Å². The molecule has 0 saturated heterocycles. The number of nitrogen functional groups attached to an aromatic ring is 1. The Morgan fingerprint density at radius 1 is 0.829 bits per heavy atom. The lowest BCUT2D eigenvalue weighted by molar-refractivity contribution is -0.114. The van der Waals surface area contributed by atoms with Gasteiger partial charge >= 0.3 is 0 Å². The molecule has 0 aliphatic carbocycles. The van der Waals surface area contributed by atoms with Crippen LogP contribution in [0.3, 0.4) is 0 Å². The summed E-state index contributed by atoms with van der Waals surface area (Å²) in [5.74, 6) is 0.203. The van der Waals surface area contributed by atoms with Crippen LogP contribution < -0.4 is 20.5 Å². The summed E-state index contributed by atoms with van der Waals surface area (Å²) in [5.41, 5.74) is 7.45. The lowest BCUT2D eigenvalue weighted by Crippen LogP contribution is -2.06. The predicted octanol–water partition coefficient (Wildman–Crippen LogP) is 8.07. The number of nitrogens with one attached hydrogen (secondary N) is 1. The SMILES string of the molecule is COc1cc(N=Nc2cc(S(O)(O)O)cc3cc(S(O)(O)O)cc(Oc4ccc(C)cc4)c23)c(NC(C)=O)cc1N. The number of hydrogen-bond acceptors (Lipinski definition) is 12. The van der Waals surface area contributed by atoms with Crippen molar-refractivity contribution in [2.75, 3.05) is 18.2 Å². The van der Waals surface area contributed by atoms with Gasteiger partial charge in [0, 0.05) is 19.1 Å². The molecule has 0 aliphatic rings. The quantitative estimate of drug-likeness (QED) is 0.0713. The van der Waals surface area contributed by atoms with Gasteiger partial charge in [-0.15, -0.1) is 10.2 Å². The number of fused-ring (bicyclic) bond motifs is 1. The molecule has 0 saturated carbocycles. The number of rotatable bonds is 8. The van der Waals surface area contributed by atoms with Crippen molar-refractivity contribution in [3.05, 3.63) is 66.2 Å². The van der Waals surface area contributed by atoms with Crippen molar-refractivity contribution in [3.8, 4) is 17.2 Å². The first-order valence-corrected chi connectivity index (χ1v) is 14.7. The average molecular weight is 605 g/mol. The topological polar surface area (TPSA) is 220 Å². The Labute approximate surface area is 238 Å². The van der Waals surface area contributed by atoms with Crippen LogP contribution in [-0.4, -0.2) is 40.3 Å². The van der Waals surface area contributed by atoms with E-state index in [4.69, 9.17) is 15.2 Å². The Morgan fingerprint density at radius 3 is 1.98 bits per heavy atom. The van der Waals surface area contributed by atoms with E-state index in [0.717, 1.165) is 11.6 Å². The Bertz CT molecular complexity index is 1650. The van der Waals surface area contributed by atoms with Gasteiger partial charge < -0.3 is 47.8 Å². The first kappa shape index (κ1) is 30.0. The fraction of sp³-hybridized carbons (Fsp3) is 0.115. The third kappa shape index (κ3) is 7.05. The number of benzene rings is 4. The van der Waals surface area contributed by atoms with Crippen molar-refractivity contribution in [2.24, 2.45) is 10.2 Å². The zero-order chi connectivity index (χ0) is 30.1. The molecule has 13 nitrogen and oxygen atoms in total. The van der Waals surface area contributed by atoms with Gasteiger partial charge in [0.2, 0.25) is 5.91 Å². The number of hydrogen-bond donors (Lipinski definition) is 8. The van der Waals surface area contributed by atoms with Gasteiger partial charge in [0.25, 0.3) is 0 Å². The van der Waals surface area contributed by atoms with E-state index in [2.05, 4.69) is 15.5 Å². The number of carbonyl (C=O) groups is 1. The second-order valence-corrected chi connectivity index (χ2v) is 11.9. The molecule has 0 bridgehead atoms. The fourth-order valence-electron chi connectivity index (χ4n) is 3.85. The van der Waals surface area contributed by atoms with Gasteiger partial charge in [0.15, 0.2) is 0 Å². The summed E-state index contributed by atoms with van der Waals surface area (Å²) in [6, 6.07) is 14.5. The Morgan fingerprint density at radius 2 is 1.41 bits per heavy atom. The molecule has 218 valence electrons. The smallest absolute Gasteiger partial charge is 0.221 e. The highest BCUT2D eigenvalue weighted by Crippen LogP contribution is 2.52. The van der Waals surface area contributed by atoms with E-state index in [9.17, 15) is 32.1 Å². The van der Waals surface area contributed by atoms with Gasteiger partial charge in [-0.2, -0.15) is 0 Å². The largest absolute Gasteiger partial charge is 0.495 e. The second kappa shape index (κ2) is 11.5. The molecule has 4 aromatic carbocycles. The van der Waals surface area contributed by atoms with E-state index in [-0.39, 0.29) is 54.8 Å². The maximum Gasteiger partial charge on any atom is 0.221 e. The van der Waals surface area contributed by atoms with E-state index < -0.39 is 27.6 Å². The van der Waals surface area contributed by atoms with Gasteiger partial charge in [-0.25, -0.2) is 0 Å². The molecule has 0 aliphatic heterocycles. The summed E-state index contributed by atoms with van der Waals surface area (Å²) in [4.78, 5) is 11.1. The minimum atomic E-state index is -4.28. The normalized spacial score (nSPS) is 12.9. The molecular formula is C26H28N4O9S2. The van der Waals surface area contributed by atoms with E-state index >= 15 is 0 Å². The van der Waals surface area contributed by atoms with Crippen molar-refractivity contribution in [3.63, 3.8) is 0 Å². The number of azo groups is 1. The highest BCUT2D eigenvalue weighted by atomic mass is 32.3. The fourth-order valence-corrected chi connectivity index (χ4v) is 4.96. The van der Waals surface area contributed by atoms with Crippen molar-refractivity contribution < 1.29 is 41.6 Å². The van der Waals surface area contributed by atoms with E-state index in [1.165, 1.54) is 44.4 Å². The van der Waals surface area contributed by atoms with Crippen LogP contribution in [-0.2, 0) is 4.79 Å². The van der Waals surface area contributed by atoms with Crippen LogP contribution in [0.4, 0.5) is 22.7 Å². The molecule has 41 heavy (non-hydrogen) atoms. The number of carbonyl (C=O) groups excluding carboxylic acids is 1. The molecule has 9 N–H and O–H groups in total. The Balaban J connectivity index is 2.00. The van der Waals surface area contributed by atoms with Crippen molar-refractivity contribution in [2.45, 2.75) is 23.6 Å². The minimum absolute atomic E-state index is 0.00210. The summed E-state index contributed by atoms with van der Waals surface area (Å²) in [6.45, 7) is 3.18. The number of amides is 1. The third-order valence-electron chi connectivity index (χ3n) is 5.74. The van der Waals surface area contributed by atoms with Crippen molar-refractivity contribution >= 4 is 61.2 Å². The first-order valence-electron chi connectivity index (χ1n) is 11.7. The number of methoxy groups -OCH3 is 1. The molecule has 0 heterocycles. The van der Waals surface area contributed by atoms with Crippen LogP contribution in [0.25, 0.3) is 10.8 Å². The monoisotopic (exact) mass is 604 g/mol.